The molecule has 2 atom stereocenters. The molecule has 1 saturated heterocycles. The van der Waals surface area contributed by atoms with Crippen LogP contribution in [0.15, 0.2) is 30.3 Å². The van der Waals surface area contributed by atoms with Crippen LogP contribution in [0.1, 0.15) is 50.5 Å². The fourth-order valence-electron chi connectivity index (χ4n) is 4.57. The van der Waals surface area contributed by atoms with Gasteiger partial charge in [0, 0.05) is 18.8 Å². The van der Waals surface area contributed by atoms with Crippen LogP contribution in [0.4, 0.5) is 0 Å². The molecule has 1 heterocycles. The van der Waals surface area contributed by atoms with Crippen LogP contribution in [-0.2, 0) is 15.1 Å². The average Bonchev–Trinajstić information content (AvgIpc) is 2.98. The van der Waals surface area contributed by atoms with E-state index in [2.05, 4.69) is 14.1 Å². The van der Waals surface area contributed by atoms with Gasteiger partial charge in [-0.2, -0.15) is 0 Å². The van der Waals surface area contributed by atoms with E-state index in [0.29, 0.717) is 18.2 Å². The number of nitrogens with zero attached hydrogens (tertiary/aromatic N) is 1. The van der Waals surface area contributed by atoms with Crippen molar-refractivity contribution in [1.82, 2.24) is 0 Å². The fraction of sp³-hybridized carbons (Fsp3) is 0.667. The van der Waals surface area contributed by atoms with Gasteiger partial charge >= 0.3 is 5.97 Å². The fourth-order valence-corrected chi connectivity index (χ4v) is 4.57. The van der Waals surface area contributed by atoms with Crippen molar-refractivity contribution >= 4 is 5.97 Å². The molecule has 0 radical (unpaired) electrons. The summed E-state index contributed by atoms with van der Waals surface area (Å²) in [5.41, 5.74) is -0.843. The molecule has 25 heavy (non-hydrogen) atoms. The van der Waals surface area contributed by atoms with Crippen LogP contribution >= 0.6 is 0 Å². The summed E-state index contributed by atoms with van der Waals surface area (Å²) in [6.07, 6.45) is 7.33. The van der Waals surface area contributed by atoms with Gasteiger partial charge in [-0.15, -0.1) is 0 Å². The maximum atomic E-state index is 13.1. The number of hydrogen-bond donors (Lipinski definition) is 1. The molecule has 1 aliphatic heterocycles. The number of carbonyl (C=O) groups is 1. The molecule has 1 aromatic rings. The number of benzene rings is 1. The van der Waals surface area contributed by atoms with E-state index in [9.17, 15) is 9.90 Å². The first-order valence-electron chi connectivity index (χ1n) is 9.72. The summed E-state index contributed by atoms with van der Waals surface area (Å²) in [6, 6.07) is 9.71. The molecule has 2 fully saturated rings. The highest BCUT2D eigenvalue weighted by molar-refractivity contribution is 5.81. The number of likely N-dealkylation sites (N-methyl/N-ethyl adjacent to an activating group) is 1. The largest absolute Gasteiger partial charge is 0.457 e. The highest BCUT2D eigenvalue weighted by atomic mass is 16.6. The topological polar surface area (TPSA) is 46.5 Å². The lowest BCUT2D eigenvalue weighted by Crippen LogP contribution is -2.49. The zero-order valence-electron chi connectivity index (χ0n) is 15.6. The Balaban J connectivity index is 1.78. The van der Waals surface area contributed by atoms with Crippen LogP contribution in [0.2, 0.25) is 0 Å². The molecule has 0 bridgehead atoms. The van der Waals surface area contributed by atoms with Gasteiger partial charge in [-0.25, -0.2) is 4.79 Å². The van der Waals surface area contributed by atoms with Crippen LogP contribution in [-0.4, -0.2) is 48.8 Å². The summed E-state index contributed by atoms with van der Waals surface area (Å²) in [6.45, 7) is 1.52. The predicted octanol–water partition coefficient (Wildman–Crippen LogP) is 3.24. The lowest BCUT2D eigenvalue weighted by atomic mass is 9.73. The quantitative estimate of drug-likeness (QED) is 0.658. The zero-order valence-corrected chi connectivity index (χ0v) is 15.6. The van der Waals surface area contributed by atoms with Gasteiger partial charge in [0.15, 0.2) is 5.60 Å². The van der Waals surface area contributed by atoms with E-state index in [1.54, 1.807) is 0 Å². The lowest BCUT2D eigenvalue weighted by molar-refractivity contribution is -0.902. The molecule has 0 aromatic heterocycles. The maximum absolute atomic E-state index is 13.1. The molecule has 138 valence electrons. The van der Waals surface area contributed by atoms with Gasteiger partial charge in [0.25, 0.3) is 0 Å². The maximum Gasteiger partial charge on any atom is 0.343 e. The molecule has 0 unspecified atom stereocenters. The molecule has 4 nitrogen and oxygen atoms in total. The molecule has 3 rings (SSSR count). The third kappa shape index (κ3) is 3.75. The third-order valence-electron chi connectivity index (χ3n) is 6.39. The second-order valence-corrected chi connectivity index (χ2v) is 8.36. The van der Waals surface area contributed by atoms with Crippen LogP contribution in [0.25, 0.3) is 0 Å². The van der Waals surface area contributed by atoms with Crippen molar-refractivity contribution in [3.63, 3.8) is 0 Å². The standard InChI is InChI=1S/C21H32NO3/c1-22(2)15-9-14-19(22)16-25-20(23)21(24,17-10-5-3-6-11-17)18-12-7-4-8-13-18/h3,5-6,10-11,18-19,24H,4,7-9,12-16H2,1-2H3/q+1/t19-,21-/m1/s1. The molecule has 0 spiro atoms. The Morgan fingerprint density at radius 3 is 2.40 bits per heavy atom. The summed E-state index contributed by atoms with van der Waals surface area (Å²) in [4.78, 5) is 13.1. The van der Waals surface area contributed by atoms with Crippen LogP contribution < -0.4 is 0 Å². The van der Waals surface area contributed by atoms with Crippen LogP contribution in [0.3, 0.4) is 0 Å². The minimum absolute atomic E-state index is 0.0535. The Bertz CT molecular complexity index is 580. The number of esters is 1. The van der Waals surface area contributed by atoms with E-state index in [4.69, 9.17) is 4.74 Å². The Morgan fingerprint density at radius 1 is 1.12 bits per heavy atom. The molecule has 1 aliphatic carbocycles. The van der Waals surface area contributed by atoms with Crippen molar-refractivity contribution in [1.29, 1.82) is 0 Å². The van der Waals surface area contributed by atoms with Gasteiger partial charge in [0.05, 0.1) is 20.6 Å². The SMILES string of the molecule is C[N+]1(C)CCC[C@@H]1COC(=O)[C@@](O)(c1ccccc1)C1CCCCC1. The number of likely N-dealkylation sites (tertiary alicyclic amines) is 1. The molecule has 4 heteroatoms. The first-order chi connectivity index (χ1) is 11.9. The Kier molecular flexibility index (Phi) is 5.49. The van der Waals surface area contributed by atoms with Crippen molar-refractivity contribution in [3.8, 4) is 0 Å². The smallest absolute Gasteiger partial charge is 0.343 e. The number of aliphatic hydroxyl groups is 1. The summed E-state index contributed by atoms with van der Waals surface area (Å²) in [5, 5.41) is 11.5. The van der Waals surface area contributed by atoms with Crippen LogP contribution in [0.5, 0.6) is 0 Å². The van der Waals surface area contributed by atoms with E-state index in [-0.39, 0.29) is 5.92 Å². The minimum Gasteiger partial charge on any atom is -0.457 e. The lowest BCUT2D eigenvalue weighted by Gasteiger charge is -2.37. The molecular weight excluding hydrogens is 314 g/mol. The Labute approximate surface area is 151 Å². The number of quaternary nitrogens is 1. The van der Waals surface area contributed by atoms with Gasteiger partial charge in [-0.1, -0.05) is 49.6 Å². The Hall–Kier alpha value is -1.39. The van der Waals surface area contributed by atoms with E-state index in [1.165, 1.54) is 12.8 Å². The first kappa shape index (κ1) is 18.4. The summed E-state index contributed by atoms with van der Waals surface area (Å²) >= 11 is 0. The molecule has 0 amide bonds. The van der Waals surface area contributed by atoms with E-state index in [1.807, 2.05) is 30.3 Å². The van der Waals surface area contributed by atoms with E-state index >= 15 is 0 Å². The van der Waals surface area contributed by atoms with Crippen molar-refractivity contribution in [2.75, 3.05) is 27.2 Å². The van der Waals surface area contributed by atoms with Crippen molar-refractivity contribution < 1.29 is 19.1 Å². The second kappa shape index (κ2) is 7.46. The molecule has 1 aromatic carbocycles. The third-order valence-corrected chi connectivity index (χ3v) is 6.39. The summed E-state index contributed by atoms with van der Waals surface area (Å²) in [7, 11) is 4.38. The van der Waals surface area contributed by atoms with Crippen molar-refractivity contribution in [2.24, 2.45) is 5.92 Å². The van der Waals surface area contributed by atoms with Gasteiger partial charge in [-0.05, 0) is 18.4 Å². The highest BCUT2D eigenvalue weighted by Gasteiger charge is 2.48. The number of ether oxygens (including phenoxy) is 1. The van der Waals surface area contributed by atoms with Gasteiger partial charge in [-0.3, -0.25) is 0 Å². The second-order valence-electron chi connectivity index (χ2n) is 8.36. The van der Waals surface area contributed by atoms with Gasteiger partial charge in [0.1, 0.15) is 12.6 Å². The minimum atomic E-state index is -1.52. The molecule has 1 N–H and O–H groups in total. The van der Waals surface area contributed by atoms with Crippen molar-refractivity contribution in [2.45, 2.75) is 56.6 Å². The van der Waals surface area contributed by atoms with Gasteiger partial charge < -0.3 is 14.3 Å². The van der Waals surface area contributed by atoms with Crippen LogP contribution in [0, 0.1) is 5.92 Å². The zero-order chi connectivity index (χ0) is 17.9. The first-order valence-corrected chi connectivity index (χ1v) is 9.72. The van der Waals surface area contributed by atoms with Gasteiger partial charge in [0.2, 0.25) is 0 Å². The van der Waals surface area contributed by atoms with E-state index in [0.717, 1.165) is 43.1 Å². The number of rotatable bonds is 5. The Morgan fingerprint density at radius 2 is 1.80 bits per heavy atom. The molecular formula is C21H32NO3+. The molecule has 2 aliphatic rings. The van der Waals surface area contributed by atoms with Crippen molar-refractivity contribution in [3.05, 3.63) is 35.9 Å². The predicted molar refractivity (Wildman–Crippen MR) is 97.9 cm³/mol. The number of carbonyl (C=O) groups excluding carboxylic acids is 1. The summed E-state index contributed by atoms with van der Waals surface area (Å²) in [5.74, 6) is -0.514. The number of hydrogen-bond acceptors (Lipinski definition) is 3. The normalized spacial score (nSPS) is 26.1. The molecule has 1 saturated carbocycles. The average molecular weight is 346 g/mol. The highest BCUT2D eigenvalue weighted by Crippen LogP contribution is 2.40. The monoisotopic (exact) mass is 346 g/mol. The van der Waals surface area contributed by atoms with E-state index < -0.39 is 11.6 Å². The summed E-state index contributed by atoms with van der Waals surface area (Å²) < 4.78 is 6.62.